The lowest BCUT2D eigenvalue weighted by Gasteiger charge is -2.06. The summed E-state index contributed by atoms with van der Waals surface area (Å²) in [4.78, 5) is 29.3. The number of nitro benzene ring substituents is 1. The molecule has 5 aromatic rings. The van der Waals surface area contributed by atoms with E-state index in [9.17, 15) is 14.9 Å². The van der Waals surface area contributed by atoms with Gasteiger partial charge in [-0.3, -0.25) is 14.9 Å². The van der Waals surface area contributed by atoms with Gasteiger partial charge in [-0.05, 0) is 30.3 Å². The zero-order valence-corrected chi connectivity index (χ0v) is 17.3. The number of rotatable bonds is 5. The number of aromatic nitrogens is 1. The SMILES string of the molecule is Nc1c(C(=O)c2ccc([N+](=O)[O-])cc2)sc2nc(-c3ccccc3)cc(-c3ccco3)c12. The van der Waals surface area contributed by atoms with Crippen LogP contribution in [0.3, 0.4) is 0 Å². The third-order valence-electron chi connectivity index (χ3n) is 5.10. The third kappa shape index (κ3) is 3.32. The molecule has 0 aliphatic rings. The van der Waals surface area contributed by atoms with Crippen molar-refractivity contribution in [2.24, 2.45) is 0 Å². The Kier molecular flexibility index (Phi) is 4.76. The number of nitrogens with two attached hydrogens (primary N) is 1. The van der Waals surface area contributed by atoms with Crippen LogP contribution in [-0.2, 0) is 0 Å². The van der Waals surface area contributed by atoms with Gasteiger partial charge in [0, 0.05) is 34.2 Å². The molecule has 0 aliphatic carbocycles. The van der Waals surface area contributed by atoms with E-state index in [0.29, 0.717) is 32.1 Å². The van der Waals surface area contributed by atoms with Crippen LogP contribution < -0.4 is 5.73 Å². The summed E-state index contributed by atoms with van der Waals surface area (Å²) in [5.41, 5.74) is 9.41. The van der Waals surface area contributed by atoms with Crippen molar-refractivity contribution in [2.45, 2.75) is 0 Å². The quantitative estimate of drug-likeness (QED) is 0.205. The van der Waals surface area contributed by atoms with Gasteiger partial charge in [0.05, 0.1) is 22.6 Å². The van der Waals surface area contributed by atoms with E-state index in [2.05, 4.69) is 0 Å². The highest BCUT2D eigenvalue weighted by atomic mass is 32.1. The summed E-state index contributed by atoms with van der Waals surface area (Å²) >= 11 is 1.20. The maximum Gasteiger partial charge on any atom is 0.269 e. The van der Waals surface area contributed by atoms with Gasteiger partial charge in [0.25, 0.3) is 5.69 Å². The Bertz CT molecular complexity index is 1460. The van der Waals surface area contributed by atoms with Gasteiger partial charge >= 0.3 is 0 Å². The number of thiophene rings is 1. The Hall–Kier alpha value is -4.30. The number of fused-ring (bicyclic) bond motifs is 1. The smallest absolute Gasteiger partial charge is 0.269 e. The van der Waals surface area contributed by atoms with Crippen molar-refractivity contribution in [3.63, 3.8) is 0 Å². The molecule has 2 N–H and O–H groups in total. The molecule has 0 amide bonds. The van der Waals surface area contributed by atoms with Gasteiger partial charge in [0.1, 0.15) is 15.5 Å². The van der Waals surface area contributed by atoms with E-state index in [1.165, 1.54) is 35.6 Å². The van der Waals surface area contributed by atoms with Gasteiger partial charge in [-0.25, -0.2) is 4.98 Å². The number of carbonyl (C=O) groups excluding carboxylic acids is 1. The van der Waals surface area contributed by atoms with Crippen LogP contribution in [0.5, 0.6) is 0 Å². The summed E-state index contributed by atoms with van der Waals surface area (Å²) in [5, 5.41) is 11.6. The largest absolute Gasteiger partial charge is 0.464 e. The monoisotopic (exact) mass is 441 g/mol. The molecule has 3 aromatic heterocycles. The second-order valence-corrected chi connectivity index (χ2v) is 8.06. The van der Waals surface area contributed by atoms with Crippen molar-refractivity contribution in [3.05, 3.63) is 99.6 Å². The fourth-order valence-corrected chi connectivity index (χ4v) is 4.62. The number of hydrogen-bond acceptors (Lipinski definition) is 7. The molecule has 0 radical (unpaired) electrons. The number of ketones is 1. The van der Waals surface area contributed by atoms with Crippen molar-refractivity contribution >= 4 is 38.7 Å². The number of nitrogens with zero attached hydrogens (tertiary/aromatic N) is 2. The number of carbonyl (C=O) groups is 1. The zero-order chi connectivity index (χ0) is 22.2. The second kappa shape index (κ2) is 7.75. The molecule has 5 rings (SSSR count). The molecule has 7 nitrogen and oxygen atoms in total. The lowest BCUT2D eigenvalue weighted by Crippen LogP contribution is -2.02. The average Bonchev–Trinajstić information content (AvgIpc) is 3.47. The van der Waals surface area contributed by atoms with Crippen molar-refractivity contribution in [1.29, 1.82) is 0 Å². The van der Waals surface area contributed by atoms with Gasteiger partial charge in [0.2, 0.25) is 5.78 Å². The third-order valence-corrected chi connectivity index (χ3v) is 6.20. The van der Waals surface area contributed by atoms with E-state index in [1.807, 2.05) is 42.5 Å². The van der Waals surface area contributed by atoms with E-state index >= 15 is 0 Å². The highest BCUT2D eigenvalue weighted by Gasteiger charge is 2.23. The molecule has 0 atom stereocenters. The number of non-ortho nitro benzene ring substituents is 1. The highest BCUT2D eigenvalue weighted by molar-refractivity contribution is 7.21. The second-order valence-electron chi connectivity index (χ2n) is 7.06. The summed E-state index contributed by atoms with van der Waals surface area (Å²) in [7, 11) is 0. The normalized spacial score (nSPS) is 11.0. The van der Waals surface area contributed by atoms with Crippen LogP contribution in [-0.4, -0.2) is 15.7 Å². The van der Waals surface area contributed by atoms with Crippen LogP contribution in [0.4, 0.5) is 11.4 Å². The lowest BCUT2D eigenvalue weighted by molar-refractivity contribution is -0.384. The topological polar surface area (TPSA) is 112 Å². The summed E-state index contributed by atoms with van der Waals surface area (Å²) in [6.07, 6.45) is 1.58. The standard InChI is InChI=1S/C24H15N3O4S/c25-21-20-17(19-7-4-12-31-19)13-18(14-5-2-1-3-6-14)26-24(20)32-23(21)22(28)15-8-10-16(11-9-15)27(29)30/h1-13H,25H2. The molecule has 0 spiro atoms. The molecular weight excluding hydrogens is 426 g/mol. The maximum atomic E-state index is 13.2. The Morgan fingerprint density at radius 2 is 1.78 bits per heavy atom. The predicted molar refractivity (Wildman–Crippen MR) is 124 cm³/mol. The molecule has 0 fully saturated rings. The minimum atomic E-state index is -0.507. The molecule has 8 heteroatoms. The van der Waals surface area contributed by atoms with E-state index in [0.717, 1.165) is 16.8 Å². The average molecular weight is 441 g/mol. The number of anilines is 1. The van der Waals surface area contributed by atoms with Crippen LogP contribution in [0, 0.1) is 10.1 Å². The first-order valence-corrected chi connectivity index (χ1v) is 10.5. The van der Waals surface area contributed by atoms with Crippen LogP contribution in [0.2, 0.25) is 0 Å². The molecule has 0 saturated heterocycles. The molecule has 32 heavy (non-hydrogen) atoms. The van der Waals surface area contributed by atoms with Crippen LogP contribution >= 0.6 is 11.3 Å². The first-order valence-electron chi connectivity index (χ1n) is 9.64. The summed E-state index contributed by atoms with van der Waals surface area (Å²) in [6.45, 7) is 0. The number of pyridine rings is 1. The molecule has 2 aromatic carbocycles. The molecule has 0 aliphatic heterocycles. The number of furan rings is 1. The molecule has 0 saturated carbocycles. The molecule has 3 heterocycles. The van der Waals surface area contributed by atoms with E-state index in [-0.39, 0.29) is 11.5 Å². The zero-order valence-electron chi connectivity index (χ0n) is 16.5. The van der Waals surface area contributed by atoms with Crippen LogP contribution in [0.1, 0.15) is 15.2 Å². The van der Waals surface area contributed by atoms with Gasteiger partial charge in [0.15, 0.2) is 0 Å². The van der Waals surface area contributed by atoms with Crippen molar-refractivity contribution in [2.75, 3.05) is 5.73 Å². The number of nitro groups is 1. The minimum Gasteiger partial charge on any atom is -0.464 e. The lowest BCUT2D eigenvalue weighted by atomic mass is 10.0. The molecule has 0 unspecified atom stereocenters. The molecule has 156 valence electrons. The first kappa shape index (κ1) is 19.7. The van der Waals surface area contributed by atoms with E-state index in [4.69, 9.17) is 15.1 Å². The summed E-state index contributed by atoms with van der Waals surface area (Å²) < 4.78 is 5.64. The fourth-order valence-electron chi connectivity index (χ4n) is 3.54. The van der Waals surface area contributed by atoms with E-state index < -0.39 is 4.92 Å². The highest BCUT2D eigenvalue weighted by Crippen LogP contribution is 2.42. The predicted octanol–water partition coefficient (Wildman–Crippen LogP) is 5.94. The van der Waals surface area contributed by atoms with Gasteiger partial charge in [-0.1, -0.05) is 30.3 Å². The molecular formula is C24H15N3O4S. The first-order chi connectivity index (χ1) is 15.5. The van der Waals surface area contributed by atoms with E-state index in [1.54, 1.807) is 12.3 Å². The van der Waals surface area contributed by atoms with Crippen molar-refractivity contribution < 1.29 is 14.1 Å². The van der Waals surface area contributed by atoms with Gasteiger partial charge in [-0.2, -0.15) is 0 Å². The van der Waals surface area contributed by atoms with Crippen molar-refractivity contribution in [1.82, 2.24) is 4.98 Å². The number of benzene rings is 2. The summed E-state index contributed by atoms with van der Waals surface area (Å²) in [5.74, 6) is 0.306. The fraction of sp³-hybridized carbons (Fsp3) is 0. The van der Waals surface area contributed by atoms with Crippen molar-refractivity contribution in [3.8, 4) is 22.6 Å². The Balaban J connectivity index is 1.69. The summed E-state index contributed by atoms with van der Waals surface area (Å²) in [6, 6.07) is 20.7. The minimum absolute atomic E-state index is 0.0832. The Labute approximate surface area is 185 Å². The Morgan fingerprint density at radius 1 is 1.03 bits per heavy atom. The number of hydrogen-bond donors (Lipinski definition) is 1. The van der Waals surface area contributed by atoms with Crippen LogP contribution in [0.15, 0.2) is 83.5 Å². The van der Waals surface area contributed by atoms with Gasteiger partial charge in [-0.15, -0.1) is 11.3 Å². The van der Waals surface area contributed by atoms with Crippen LogP contribution in [0.25, 0.3) is 32.8 Å². The number of nitrogen functional groups attached to an aromatic ring is 1. The maximum absolute atomic E-state index is 13.2. The molecule has 0 bridgehead atoms. The van der Waals surface area contributed by atoms with Gasteiger partial charge < -0.3 is 10.2 Å². The Morgan fingerprint density at radius 3 is 2.44 bits per heavy atom.